The van der Waals surface area contributed by atoms with E-state index in [4.69, 9.17) is 4.99 Å². The van der Waals surface area contributed by atoms with Gasteiger partial charge in [0, 0.05) is 18.0 Å². The molecule has 1 atom stereocenters. The number of nitrogens with zero attached hydrogens (tertiary/aromatic N) is 5. The van der Waals surface area contributed by atoms with Gasteiger partial charge >= 0.3 is 0 Å². The maximum absolute atomic E-state index is 14.4. The molecule has 1 fully saturated rings. The van der Waals surface area contributed by atoms with Crippen molar-refractivity contribution in [1.29, 1.82) is 0 Å². The summed E-state index contributed by atoms with van der Waals surface area (Å²) < 4.78 is 0. The molecule has 3 heterocycles. The summed E-state index contributed by atoms with van der Waals surface area (Å²) in [4.78, 5) is 43.2. The summed E-state index contributed by atoms with van der Waals surface area (Å²) in [6.07, 6.45) is 10.2. The maximum Gasteiger partial charge on any atom is 0.276 e. The van der Waals surface area contributed by atoms with Crippen LogP contribution in [0.5, 0.6) is 0 Å². The molecule has 1 aliphatic carbocycles. The van der Waals surface area contributed by atoms with Gasteiger partial charge in [0.15, 0.2) is 11.5 Å². The minimum absolute atomic E-state index is 0.0830. The van der Waals surface area contributed by atoms with E-state index in [0.717, 1.165) is 44.1 Å². The number of carbonyl (C=O) groups excluding carboxylic acids is 2. The monoisotopic (exact) mass is 572 g/mol. The Morgan fingerprint density at radius 2 is 1.79 bits per heavy atom. The van der Waals surface area contributed by atoms with E-state index in [-0.39, 0.29) is 28.7 Å². The Hall–Kier alpha value is -3.82. The highest BCUT2D eigenvalue weighted by atomic mass is 16.2. The fourth-order valence-corrected chi connectivity index (χ4v) is 6.29. The summed E-state index contributed by atoms with van der Waals surface area (Å²) in [7, 11) is 0. The number of aromatic nitrogens is 5. The van der Waals surface area contributed by atoms with Crippen molar-refractivity contribution in [3.8, 4) is 0 Å². The van der Waals surface area contributed by atoms with Gasteiger partial charge in [0.25, 0.3) is 11.8 Å². The first-order valence-corrected chi connectivity index (χ1v) is 15.0. The minimum Gasteiger partial charge on any atom is -0.345 e. The van der Waals surface area contributed by atoms with E-state index >= 15 is 0 Å². The Labute approximate surface area is 248 Å². The van der Waals surface area contributed by atoms with Crippen LogP contribution in [0.15, 0.2) is 47.8 Å². The van der Waals surface area contributed by atoms with Crippen LogP contribution >= 0.6 is 0 Å². The lowest BCUT2D eigenvalue weighted by Gasteiger charge is -2.47. The quantitative estimate of drug-likeness (QED) is 0.324. The van der Waals surface area contributed by atoms with Gasteiger partial charge in [0.1, 0.15) is 11.4 Å². The minimum atomic E-state index is -0.630. The molecule has 0 saturated heterocycles. The van der Waals surface area contributed by atoms with Crippen molar-refractivity contribution >= 4 is 17.5 Å². The number of aromatic amines is 2. The SMILES string of the molecule is CC(C)(C)CCC(c1ccc(C(=O)NCc2n[nH][nH]2)cc1)N1C(=O)C(c2cnccn2)=NC12CCC(C(C)(C)C)CC2. The van der Waals surface area contributed by atoms with Crippen molar-refractivity contribution in [3.63, 3.8) is 0 Å². The Kier molecular flexibility index (Phi) is 8.09. The zero-order valence-electron chi connectivity index (χ0n) is 25.7. The van der Waals surface area contributed by atoms with E-state index in [1.165, 1.54) is 0 Å². The molecular formula is C32H44N8O2. The zero-order chi connectivity index (χ0) is 30.1. The molecule has 10 nitrogen and oxygen atoms in total. The molecule has 1 unspecified atom stereocenters. The molecule has 2 aliphatic rings. The van der Waals surface area contributed by atoms with Crippen LogP contribution < -0.4 is 5.32 Å². The Balaban J connectivity index is 1.49. The van der Waals surface area contributed by atoms with Crippen LogP contribution in [-0.2, 0) is 11.3 Å². The van der Waals surface area contributed by atoms with Crippen LogP contribution in [0.2, 0.25) is 0 Å². The molecule has 1 aliphatic heterocycles. The molecule has 2 amide bonds. The summed E-state index contributed by atoms with van der Waals surface area (Å²) in [5.74, 6) is 0.984. The Morgan fingerprint density at radius 3 is 2.33 bits per heavy atom. The maximum atomic E-state index is 14.4. The van der Waals surface area contributed by atoms with Crippen molar-refractivity contribution in [2.75, 3.05) is 0 Å². The summed E-state index contributed by atoms with van der Waals surface area (Å²) in [6, 6.07) is 7.47. The molecular weight excluding hydrogens is 528 g/mol. The molecule has 224 valence electrons. The standard InChI is InChI=1S/C32H44N8O2/c1-30(2,3)14-13-25(21-7-9-22(10-8-21)28(41)35-20-26-37-39-38-26)40-29(42)27(24-19-33-17-18-34-24)36-32(40)15-11-23(12-16-32)31(4,5)6/h7-10,17-19,23,25,39H,11-16,20H2,1-6H3,(H,35,41)(H,37,38). The predicted octanol–water partition coefficient (Wildman–Crippen LogP) is 5.59. The van der Waals surface area contributed by atoms with Gasteiger partial charge in [-0.3, -0.25) is 24.7 Å². The van der Waals surface area contributed by atoms with Gasteiger partial charge in [-0.25, -0.2) is 10.2 Å². The second-order valence-electron chi connectivity index (χ2n) is 14.1. The highest BCUT2D eigenvalue weighted by Crippen LogP contribution is 2.50. The molecule has 0 radical (unpaired) electrons. The lowest BCUT2D eigenvalue weighted by Crippen LogP contribution is -2.51. The number of benzene rings is 1. The Morgan fingerprint density at radius 1 is 1.10 bits per heavy atom. The molecule has 5 rings (SSSR count). The van der Waals surface area contributed by atoms with Crippen molar-refractivity contribution in [3.05, 3.63) is 65.5 Å². The highest BCUT2D eigenvalue weighted by molar-refractivity contribution is 6.46. The van der Waals surface area contributed by atoms with Crippen molar-refractivity contribution < 1.29 is 9.59 Å². The highest BCUT2D eigenvalue weighted by Gasteiger charge is 2.53. The fourth-order valence-electron chi connectivity index (χ4n) is 6.29. The molecule has 3 aromatic rings. The van der Waals surface area contributed by atoms with Gasteiger partial charge in [-0.15, -0.1) is 5.10 Å². The predicted molar refractivity (Wildman–Crippen MR) is 162 cm³/mol. The van der Waals surface area contributed by atoms with Crippen molar-refractivity contribution in [2.24, 2.45) is 21.7 Å². The van der Waals surface area contributed by atoms with Crippen LogP contribution in [0.3, 0.4) is 0 Å². The van der Waals surface area contributed by atoms with E-state index in [1.807, 2.05) is 24.3 Å². The summed E-state index contributed by atoms with van der Waals surface area (Å²) in [6.45, 7) is 13.9. The van der Waals surface area contributed by atoms with Crippen molar-refractivity contribution in [2.45, 2.75) is 98.3 Å². The number of hydrogen-bond donors (Lipinski definition) is 3. The van der Waals surface area contributed by atoms with Gasteiger partial charge in [-0.05, 0) is 73.0 Å². The van der Waals surface area contributed by atoms with Gasteiger partial charge < -0.3 is 10.2 Å². The topological polar surface area (TPSA) is 132 Å². The van der Waals surface area contributed by atoms with Gasteiger partial charge in [0.2, 0.25) is 0 Å². The molecule has 1 spiro atoms. The normalized spacial score (nSPS) is 22.0. The molecule has 2 aromatic heterocycles. The fraction of sp³-hybridized carbons (Fsp3) is 0.562. The van der Waals surface area contributed by atoms with E-state index < -0.39 is 5.66 Å². The first kappa shape index (κ1) is 29.7. The molecule has 1 aromatic carbocycles. The largest absolute Gasteiger partial charge is 0.345 e. The first-order valence-electron chi connectivity index (χ1n) is 15.0. The number of amides is 2. The molecule has 1 saturated carbocycles. The lowest BCUT2D eigenvalue weighted by molar-refractivity contribution is -0.134. The van der Waals surface area contributed by atoms with E-state index in [9.17, 15) is 9.59 Å². The van der Waals surface area contributed by atoms with Crippen molar-refractivity contribution in [1.82, 2.24) is 35.6 Å². The third-order valence-corrected chi connectivity index (χ3v) is 8.85. The number of rotatable bonds is 8. The Bertz CT molecular complexity index is 1390. The van der Waals surface area contributed by atoms with Gasteiger partial charge in [-0.2, -0.15) is 0 Å². The number of H-pyrrole nitrogens is 2. The van der Waals surface area contributed by atoms with Gasteiger partial charge in [0.05, 0.1) is 18.8 Å². The van der Waals surface area contributed by atoms with Gasteiger partial charge in [-0.1, -0.05) is 53.7 Å². The summed E-state index contributed by atoms with van der Waals surface area (Å²) in [5, 5.41) is 12.2. The van der Waals surface area contributed by atoms with Crippen LogP contribution in [-0.4, -0.2) is 53.5 Å². The summed E-state index contributed by atoms with van der Waals surface area (Å²) >= 11 is 0. The number of carbonyl (C=O) groups is 2. The first-order chi connectivity index (χ1) is 19.9. The molecule has 10 heteroatoms. The average Bonchev–Trinajstić information content (AvgIpc) is 3.19. The number of aliphatic imine (C=N–C) groups is 1. The third kappa shape index (κ3) is 6.32. The third-order valence-electron chi connectivity index (χ3n) is 8.85. The number of nitrogens with one attached hydrogen (secondary N) is 3. The average molecular weight is 573 g/mol. The molecule has 42 heavy (non-hydrogen) atoms. The molecule has 3 N–H and O–H groups in total. The summed E-state index contributed by atoms with van der Waals surface area (Å²) in [5.41, 5.74) is 2.14. The van der Waals surface area contributed by atoms with Crippen LogP contribution in [0.4, 0.5) is 0 Å². The van der Waals surface area contributed by atoms with Crippen LogP contribution in [0, 0.1) is 16.7 Å². The van der Waals surface area contributed by atoms with E-state index in [1.54, 1.807) is 18.6 Å². The second-order valence-corrected chi connectivity index (χ2v) is 14.1. The zero-order valence-corrected chi connectivity index (χ0v) is 25.7. The molecule has 0 bridgehead atoms. The smallest absolute Gasteiger partial charge is 0.276 e. The van der Waals surface area contributed by atoms with E-state index in [2.05, 4.69) is 77.1 Å². The lowest BCUT2D eigenvalue weighted by atomic mass is 9.69. The van der Waals surface area contributed by atoms with Crippen LogP contribution in [0.25, 0.3) is 0 Å². The van der Waals surface area contributed by atoms with E-state index in [0.29, 0.717) is 35.3 Å². The number of hydrogen-bond acceptors (Lipinski definition) is 6. The van der Waals surface area contributed by atoms with Crippen LogP contribution in [0.1, 0.15) is 114 Å². The second kappa shape index (κ2) is 11.5.